The maximum Gasteiger partial charge on any atom is 0.318 e. The fourth-order valence-electron chi connectivity index (χ4n) is 6.14. The number of nitrogens with zero attached hydrogens (tertiary/aromatic N) is 7. The van der Waals surface area contributed by atoms with Gasteiger partial charge in [0.2, 0.25) is 5.91 Å². The molecule has 1 unspecified atom stereocenters. The highest BCUT2D eigenvalue weighted by molar-refractivity contribution is 5.87. The Morgan fingerprint density at radius 2 is 2.08 bits per heavy atom. The second-order valence-electron chi connectivity index (χ2n) is 10.9. The first-order chi connectivity index (χ1) is 19.0. The third-order valence-corrected chi connectivity index (χ3v) is 8.13. The minimum absolute atomic E-state index is 0.128. The number of para-hydroxylation sites is 1. The number of rotatable bonds is 8. The number of aromatic nitrogens is 2. The van der Waals surface area contributed by atoms with Gasteiger partial charge in [0, 0.05) is 56.4 Å². The SMILES string of the molecule is C=CC(=O)N1CCN(c2nc(OCCN(C)C)nc3c2CCC(N2CCCc4ccccc42)C3)C[C@@H]1CC#N. The van der Waals surface area contributed by atoms with Crippen molar-refractivity contribution in [3.8, 4) is 12.1 Å². The Hall–Kier alpha value is -3.64. The van der Waals surface area contributed by atoms with Gasteiger partial charge in [-0.2, -0.15) is 15.2 Å². The molecule has 0 bridgehead atoms. The molecule has 2 atom stereocenters. The molecule has 0 radical (unpaired) electrons. The monoisotopic (exact) mass is 529 g/mol. The summed E-state index contributed by atoms with van der Waals surface area (Å²) in [5.74, 6) is 0.767. The van der Waals surface area contributed by atoms with Gasteiger partial charge in [-0.25, -0.2) is 0 Å². The number of likely N-dealkylation sites (N-methyl/N-ethyl adjacent to an activating group) is 1. The summed E-state index contributed by atoms with van der Waals surface area (Å²) >= 11 is 0. The maximum atomic E-state index is 12.5. The van der Waals surface area contributed by atoms with Gasteiger partial charge in [-0.05, 0) is 57.5 Å². The number of anilines is 2. The first-order valence-corrected chi connectivity index (χ1v) is 14.0. The van der Waals surface area contributed by atoms with Gasteiger partial charge in [0.25, 0.3) is 0 Å². The first-order valence-electron chi connectivity index (χ1n) is 14.0. The number of benzene rings is 1. The number of carbonyl (C=O) groups is 1. The molecule has 1 fully saturated rings. The summed E-state index contributed by atoms with van der Waals surface area (Å²) in [4.78, 5) is 31.0. The number of carbonyl (C=O) groups excluding carboxylic acids is 1. The lowest BCUT2D eigenvalue weighted by atomic mass is 9.88. The Morgan fingerprint density at radius 3 is 2.87 bits per heavy atom. The third-order valence-electron chi connectivity index (χ3n) is 8.13. The lowest BCUT2D eigenvalue weighted by molar-refractivity contribution is -0.128. The smallest absolute Gasteiger partial charge is 0.318 e. The molecule has 39 heavy (non-hydrogen) atoms. The molecule has 1 saturated heterocycles. The van der Waals surface area contributed by atoms with Crippen LogP contribution in [-0.4, -0.2) is 91.2 Å². The van der Waals surface area contributed by atoms with Crippen molar-refractivity contribution in [2.75, 3.05) is 63.2 Å². The van der Waals surface area contributed by atoms with Crippen LogP contribution in [0.3, 0.4) is 0 Å². The van der Waals surface area contributed by atoms with Crippen molar-refractivity contribution in [2.24, 2.45) is 0 Å². The van der Waals surface area contributed by atoms with Gasteiger partial charge in [-0.3, -0.25) is 4.79 Å². The van der Waals surface area contributed by atoms with Crippen molar-refractivity contribution in [2.45, 2.75) is 50.6 Å². The van der Waals surface area contributed by atoms with Crippen LogP contribution < -0.4 is 14.5 Å². The normalized spacial score (nSPS) is 20.7. The fraction of sp³-hybridized carbons (Fsp3) is 0.533. The van der Waals surface area contributed by atoms with E-state index >= 15 is 0 Å². The predicted octanol–water partition coefficient (Wildman–Crippen LogP) is 2.84. The molecule has 9 heteroatoms. The van der Waals surface area contributed by atoms with E-state index in [0.29, 0.717) is 38.3 Å². The van der Waals surface area contributed by atoms with E-state index in [2.05, 4.69) is 51.6 Å². The van der Waals surface area contributed by atoms with Crippen molar-refractivity contribution < 1.29 is 9.53 Å². The molecule has 5 rings (SSSR count). The Bertz CT molecular complexity index is 1240. The molecule has 1 aromatic carbocycles. The van der Waals surface area contributed by atoms with E-state index in [-0.39, 0.29) is 18.4 Å². The van der Waals surface area contributed by atoms with E-state index < -0.39 is 0 Å². The third kappa shape index (κ3) is 5.86. The van der Waals surface area contributed by atoms with Crippen LogP contribution in [0.4, 0.5) is 11.5 Å². The maximum absolute atomic E-state index is 12.5. The van der Waals surface area contributed by atoms with Crippen LogP contribution in [0.2, 0.25) is 0 Å². The van der Waals surface area contributed by atoms with E-state index in [1.807, 2.05) is 14.1 Å². The lowest BCUT2D eigenvalue weighted by Gasteiger charge is -2.43. The summed E-state index contributed by atoms with van der Waals surface area (Å²) in [5.41, 5.74) is 5.02. The van der Waals surface area contributed by atoms with Crippen LogP contribution in [0, 0.1) is 11.3 Å². The molecule has 3 heterocycles. The van der Waals surface area contributed by atoms with Crippen LogP contribution in [0.1, 0.15) is 36.1 Å². The standard InChI is InChI=1S/C30H39N7O2/c1-4-28(38)37-17-16-35(21-24(37)13-14-31)29-25-12-11-23(36-15-7-9-22-8-5-6-10-27(22)36)20-26(25)32-30(33-29)39-19-18-34(2)3/h4-6,8,10,23-24H,1,7,9,11-13,15-21H2,2-3H3/t23?,24-/m0/s1. The predicted molar refractivity (Wildman–Crippen MR) is 152 cm³/mol. The molecule has 2 aromatic rings. The van der Waals surface area contributed by atoms with Gasteiger partial charge >= 0.3 is 6.01 Å². The molecule has 9 nitrogen and oxygen atoms in total. The Labute approximate surface area is 231 Å². The van der Waals surface area contributed by atoms with Gasteiger partial charge in [0.1, 0.15) is 12.4 Å². The van der Waals surface area contributed by atoms with Crippen molar-refractivity contribution in [1.29, 1.82) is 5.26 Å². The highest BCUT2D eigenvalue weighted by Gasteiger charge is 2.35. The van der Waals surface area contributed by atoms with Gasteiger partial charge in [0.15, 0.2) is 0 Å². The minimum Gasteiger partial charge on any atom is -0.462 e. The van der Waals surface area contributed by atoms with E-state index in [1.165, 1.54) is 29.3 Å². The molecule has 1 aliphatic carbocycles. The highest BCUT2D eigenvalue weighted by Crippen LogP contribution is 2.36. The molecule has 206 valence electrons. The van der Waals surface area contributed by atoms with Crippen molar-refractivity contribution in [3.05, 3.63) is 53.7 Å². The number of ether oxygens (including phenoxy) is 1. The molecule has 3 aliphatic rings. The Kier molecular flexibility index (Phi) is 8.32. The van der Waals surface area contributed by atoms with Crippen LogP contribution in [0.5, 0.6) is 6.01 Å². The molecule has 0 spiro atoms. The van der Waals surface area contributed by atoms with E-state index in [1.54, 1.807) is 4.90 Å². The highest BCUT2D eigenvalue weighted by atomic mass is 16.5. The fourth-order valence-corrected chi connectivity index (χ4v) is 6.14. The van der Waals surface area contributed by atoms with Gasteiger partial charge in [-0.1, -0.05) is 24.8 Å². The molecular formula is C30H39N7O2. The van der Waals surface area contributed by atoms with Gasteiger partial charge in [0.05, 0.1) is 24.2 Å². The second kappa shape index (κ2) is 12.0. The summed E-state index contributed by atoms with van der Waals surface area (Å²) in [6.07, 6.45) is 6.68. The number of hydrogen-bond acceptors (Lipinski definition) is 8. The molecule has 2 aliphatic heterocycles. The van der Waals surface area contributed by atoms with E-state index in [4.69, 9.17) is 14.7 Å². The number of aryl methyl sites for hydroxylation is 1. The number of amides is 1. The van der Waals surface area contributed by atoms with Crippen LogP contribution in [-0.2, 0) is 24.1 Å². The summed E-state index contributed by atoms with van der Waals surface area (Å²) in [6.45, 7) is 7.71. The molecule has 0 N–H and O–H groups in total. The number of piperazine rings is 1. The zero-order chi connectivity index (χ0) is 27.4. The molecular weight excluding hydrogens is 490 g/mol. The number of fused-ring (bicyclic) bond motifs is 2. The van der Waals surface area contributed by atoms with Crippen LogP contribution in [0.15, 0.2) is 36.9 Å². The van der Waals surface area contributed by atoms with Gasteiger partial charge in [-0.15, -0.1) is 0 Å². The second-order valence-corrected chi connectivity index (χ2v) is 10.9. The van der Waals surface area contributed by atoms with Crippen LogP contribution in [0.25, 0.3) is 0 Å². The zero-order valence-electron chi connectivity index (χ0n) is 23.2. The largest absolute Gasteiger partial charge is 0.462 e. The number of hydrogen-bond donors (Lipinski definition) is 0. The van der Waals surface area contributed by atoms with E-state index in [0.717, 1.165) is 50.3 Å². The average Bonchev–Trinajstić information content (AvgIpc) is 2.95. The summed E-state index contributed by atoms with van der Waals surface area (Å²) in [5, 5.41) is 9.46. The van der Waals surface area contributed by atoms with Crippen molar-refractivity contribution in [1.82, 2.24) is 19.8 Å². The number of nitriles is 1. The Balaban J connectivity index is 1.44. The molecule has 0 saturated carbocycles. The summed E-state index contributed by atoms with van der Waals surface area (Å²) in [6, 6.07) is 11.6. The quantitative estimate of drug-likeness (QED) is 0.483. The summed E-state index contributed by atoms with van der Waals surface area (Å²) < 4.78 is 6.07. The van der Waals surface area contributed by atoms with Crippen molar-refractivity contribution in [3.63, 3.8) is 0 Å². The van der Waals surface area contributed by atoms with Crippen molar-refractivity contribution >= 4 is 17.4 Å². The molecule has 1 amide bonds. The van der Waals surface area contributed by atoms with E-state index in [9.17, 15) is 10.1 Å². The first kappa shape index (κ1) is 26.9. The zero-order valence-corrected chi connectivity index (χ0v) is 23.2. The Morgan fingerprint density at radius 1 is 1.23 bits per heavy atom. The average molecular weight is 530 g/mol. The van der Waals surface area contributed by atoms with Gasteiger partial charge < -0.3 is 24.3 Å². The lowest BCUT2D eigenvalue weighted by Crippen LogP contribution is -2.55. The van der Waals surface area contributed by atoms with Crippen LogP contribution >= 0.6 is 0 Å². The molecule has 1 aromatic heterocycles. The topological polar surface area (TPSA) is 88.8 Å². The minimum atomic E-state index is -0.209. The summed E-state index contributed by atoms with van der Waals surface area (Å²) in [7, 11) is 4.03.